The molecule has 132 valence electrons. The van der Waals surface area contributed by atoms with Crippen LogP contribution in [0.5, 0.6) is 0 Å². The van der Waals surface area contributed by atoms with Gasteiger partial charge in [-0.05, 0) is 45.0 Å². The number of aliphatic imine (C=N–C) groups is 1. The molecule has 2 aromatic carbocycles. The van der Waals surface area contributed by atoms with Crippen LogP contribution in [-0.2, 0) is 6.54 Å². The molecule has 0 atom stereocenters. The minimum atomic E-state index is 0.721. The van der Waals surface area contributed by atoms with Gasteiger partial charge in [0.05, 0.1) is 17.9 Å². The number of rotatable bonds is 3. The van der Waals surface area contributed by atoms with Gasteiger partial charge in [0.15, 0.2) is 0 Å². The lowest BCUT2D eigenvalue weighted by Gasteiger charge is -2.32. The largest absolute Gasteiger partial charge is 0.310 e. The number of guanidine groups is 1. The fourth-order valence-corrected chi connectivity index (χ4v) is 3.25. The molecule has 2 heterocycles. The van der Waals surface area contributed by atoms with E-state index in [2.05, 4.69) is 67.4 Å². The third kappa shape index (κ3) is 2.86. The van der Waals surface area contributed by atoms with Gasteiger partial charge in [0, 0.05) is 17.8 Å². The van der Waals surface area contributed by atoms with Gasteiger partial charge in [-0.1, -0.05) is 35.9 Å². The molecule has 0 spiro atoms. The maximum atomic E-state index is 4.77. The molecular weight excluding hydrogens is 322 g/mol. The standard InChI is InChI=1S/C21H23N5/c1-4-22-21-23-20-19(14-25(21)17-12-10-15(2)11-13-17)16(3)24-26(20)18-8-6-5-7-9-18/h5-13H,4,14H2,1-3H3,(H,22,23). The fraction of sp³-hybridized carbons (Fsp3) is 0.238. The van der Waals surface area contributed by atoms with Gasteiger partial charge in [-0.15, -0.1) is 0 Å². The molecule has 0 fully saturated rings. The van der Waals surface area contributed by atoms with Crippen LogP contribution in [0.25, 0.3) is 5.69 Å². The van der Waals surface area contributed by atoms with Gasteiger partial charge in [0.1, 0.15) is 5.82 Å². The average molecular weight is 345 g/mol. The molecule has 4 rings (SSSR count). The first kappa shape index (κ1) is 16.4. The summed E-state index contributed by atoms with van der Waals surface area (Å²) in [5, 5.41) is 8.30. The maximum Gasteiger partial charge on any atom is 0.204 e. The maximum absolute atomic E-state index is 4.77. The van der Waals surface area contributed by atoms with Crippen LogP contribution in [0.3, 0.4) is 0 Å². The van der Waals surface area contributed by atoms with Gasteiger partial charge in [-0.2, -0.15) is 5.10 Å². The molecule has 0 saturated heterocycles. The monoisotopic (exact) mass is 345 g/mol. The second-order valence-corrected chi connectivity index (χ2v) is 6.50. The molecule has 0 bridgehead atoms. The zero-order chi connectivity index (χ0) is 18.1. The summed E-state index contributed by atoms with van der Waals surface area (Å²) in [5.41, 5.74) is 5.66. The summed E-state index contributed by atoms with van der Waals surface area (Å²) >= 11 is 0. The number of aryl methyl sites for hydroxylation is 2. The molecule has 1 N–H and O–H groups in total. The normalized spacial score (nSPS) is 15.0. The van der Waals surface area contributed by atoms with Gasteiger partial charge in [0.2, 0.25) is 5.96 Å². The van der Waals surface area contributed by atoms with Crippen molar-refractivity contribution in [3.8, 4) is 5.69 Å². The zero-order valence-corrected chi connectivity index (χ0v) is 15.4. The molecule has 0 amide bonds. The molecule has 1 aliphatic rings. The van der Waals surface area contributed by atoms with Crippen LogP contribution in [0.15, 0.2) is 59.6 Å². The Balaban J connectivity index is 1.79. The van der Waals surface area contributed by atoms with Crippen molar-refractivity contribution in [1.29, 1.82) is 0 Å². The fourth-order valence-electron chi connectivity index (χ4n) is 3.25. The Morgan fingerprint density at radius 2 is 1.73 bits per heavy atom. The highest BCUT2D eigenvalue weighted by Gasteiger charge is 2.28. The van der Waals surface area contributed by atoms with Crippen LogP contribution in [0.1, 0.15) is 23.7 Å². The number of benzene rings is 2. The van der Waals surface area contributed by atoms with E-state index in [1.165, 1.54) is 11.1 Å². The minimum Gasteiger partial charge on any atom is -0.310 e. The van der Waals surface area contributed by atoms with Crippen molar-refractivity contribution in [1.82, 2.24) is 9.78 Å². The van der Waals surface area contributed by atoms with Gasteiger partial charge in [-0.25, -0.2) is 4.68 Å². The molecule has 5 heteroatoms. The van der Waals surface area contributed by atoms with Crippen molar-refractivity contribution >= 4 is 17.5 Å². The van der Waals surface area contributed by atoms with Crippen molar-refractivity contribution in [3.63, 3.8) is 0 Å². The predicted molar refractivity (Wildman–Crippen MR) is 107 cm³/mol. The number of anilines is 2. The number of aromatic nitrogens is 2. The summed E-state index contributed by atoms with van der Waals surface area (Å²) in [5.74, 6) is 1.87. The number of fused-ring (bicyclic) bond motifs is 1. The minimum absolute atomic E-state index is 0.721. The van der Waals surface area contributed by atoms with E-state index in [9.17, 15) is 0 Å². The third-order valence-electron chi connectivity index (χ3n) is 4.64. The van der Waals surface area contributed by atoms with Gasteiger partial charge >= 0.3 is 0 Å². The van der Waals surface area contributed by atoms with Crippen LogP contribution in [0, 0.1) is 13.8 Å². The van der Waals surface area contributed by atoms with E-state index in [-0.39, 0.29) is 0 Å². The average Bonchev–Trinajstić information content (AvgIpc) is 2.99. The number of hydrogen-bond acceptors (Lipinski definition) is 2. The number of hydrogen-bond donors (Lipinski definition) is 1. The van der Waals surface area contributed by atoms with E-state index in [4.69, 9.17) is 10.1 Å². The highest BCUT2D eigenvalue weighted by molar-refractivity contribution is 6.07. The first-order valence-electron chi connectivity index (χ1n) is 8.97. The van der Waals surface area contributed by atoms with Crippen molar-refractivity contribution in [2.75, 3.05) is 16.8 Å². The van der Waals surface area contributed by atoms with Crippen LogP contribution in [0.2, 0.25) is 0 Å². The molecular formula is C21H23N5. The van der Waals surface area contributed by atoms with Crippen LogP contribution >= 0.6 is 0 Å². The quantitative estimate of drug-likeness (QED) is 0.770. The predicted octanol–water partition coefficient (Wildman–Crippen LogP) is 4.30. The second kappa shape index (κ2) is 6.67. The van der Waals surface area contributed by atoms with E-state index in [0.717, 1.165) is 41.9 Å². The van der Waals surface area contributed by atoms with Gasteiger partial charge < -0.3 is 10.2 Å². The third-order valence-corrected chi connectivity index (χ3v) is 4.64. The Kier molecular flexibility index (Phi) is 4.21. The zero-order valence-electron chi connectivity index (χ0n) is 15.4. The molecule has 0 radical (unpaired) electrons. The molecule has 0 unspecified atom stereocenters. The Morgan fingerprint density at radius 3 is 2.42 bits per heavy atom. The van der Waals surface area contributed by atoms with Crippen molar-refractivity contribution in [3.05, 3.63) is 71.4 Å². The summed E-state index contributed by atoms with van der Waals surface area (Å²) in [7, 11) is 0. The Morgan fingerprint density at radius 1 is 1.00 bits per heavy atom. The lowest BCUT2D eigenvalue weighted by atomic mass is 10.1. The molecule has 0 saturated carbocycles. The molecule has 3 aromatic rings. The second-order valence-electron chi connectivity index (χ2n) is 6.50. The number of nitrogens with one attached hydrogen (secondary N) is 1. The molecule has 5 nitrogen and oxygen atoms in total. The van der Waals surface area contributed by atoms with Gasteiger partial charge in [-0.3, -0.25) is 4.99 Å². The molecule has 0 aliphatic carbocycles. The van der Waals surface area contributed by atoms with E-state index < -0.39 is 0 Å². The SMILES string of the molecule is CCN=C1Nc2c(c(C)nn2-c2ccccc2)CN1c1ccc(C)cc1. The lowest BCUT2D eigenvalue weighted by Crippen LogP contribution is -2.40. The molecule has 26 heavy (non-hydrogen) atoms. The Hall–Kier alpha value is -3.08. The first-order chi connectivity index (χ1) is 12.7. The van der Waals surface area contributed by atoms with E-state index >= 15 is 0 Å². The number of nitrogens with zero attached hydrogens (tertiary/aromatic N) is 4. The highest BCUT2D eigenvalue weighted by Crippen LogP contribution is 2.31. The Bertz CT molecular complexity index is 939. The number of para-hydroxylation sites is 1. The van der Waals surface area contributed by atoms with Gasteiger partial charge in [0.25, 0.3) is 0 Å². The van der Waals surface area contributed by atoms with E-state index in [1.54, 1.807) is 0 Å². The van der Waals surface area contributed by atoms with Crippen LogP contribution in [0.4, 0.5) is 11.5 Å². The smallest absolute Gasteiger partial charge is 0.204 e. The first-order valence-corrected chi connectivity index (χ1v) is 8.97. The molecule has 1 aromatic heterocycles. The van der Waals surface area contributed by atoms with Crippen molar-refractivity contribution in [2.24, 2.45) is 4.99 Å². The van der Waals surface area contributed by atoms with Crippen molar-refractivity contribution in [2.45, 2.75) is 27.3 Å². The summed E-state index contributed by atoms with van der Waals surface area (Å²) in [4.78, 5) is 6.91. The summed E-state index contributed by atoms with van der Waals surface area (Å²) < 4.78 is 1.97. The summed E-state index contributed by atoms with van der Waals surface area (Å²) in [6.45, 7) is 7.69. The molecule has 1 aliphatic heterocycles. The lowest BCUT2D eigenvalue weighted by molar-refractivity contribution is 0.868. The Labute approximate surface area is 154 Å². The van der Waals surface area contributed by atoms with E-state index in [1.807, 2.05) is 22.9 Å². The van der Waals surface area contributed by atoms with E-state index in [0.29, 0.717) is 0 Å². The topological polar surface area (TPSA) is 45.5 Å². The van der Waals surface area contributed by atoms with Crippen molar-refractivity contribution < 1.29 is 0 Å². The van der Waals surface area contributed by atoms with Crippen LogP contribution in [-0.4, -0.2) is 22.3 Å². The summed E-state index contributed by atoms with van der Waals surface area (Å²) in [6, 6.07) is 18.8. The summed E-state index contributed by atoms with van der Waals surface area (Å²) in [6.07, 6.45) is 0. The van der Waals surface area contributed by atoms with Crippen LogP contribution < -0.4 is 10.2 Å². The highest BCUT2D eigenvalue weighted by atomic mass is 15.4.